The van der Waals surface area contributed by atoms with Crippen LogP contribution in [0.5, 0.6) is 0 Å². The molecule has 0 radical (unpaired) electrons. The molecule has 0 bridgehead atoms. The van der Waals surface area contributed by atoms with E-state index in [2.05, 4.69) is 4.74 Å². The summed E-state index contributed by atoms with van der Waals surface area (Å²) in [4.78, 5) is 37.8. The maximum atomic E-state index is 12.0. The van der Waals surface area contributed by atoms with E-state index in [1.54, 1.807) is 4.90 Å². The van der Waals surface area contributed by atoms with Crippen LogP contribution in [0.1, 0.15) is 19.8 Å². The highest BCUT2D eigenvalue weighted by atomic mass is 32.2. The number of hydrogen-bond acceptors (Lipinski definition) is 5. The molecule has 1 saturated heterocycles. The van der Waals surface area contributed by atoms with E-state index in [1.165, 1.54) is 23.8 Å². The van der Waals surface area contributed by atoms with Crippen molar-refractivity contribution in [2.45, 2.75) is 19.8 Å². The zero-order chi connectivity index (χ0) is 14.3. The summed E-state index contributed by atoms with van der Waals surface area (Å²) in [5.41, 5.74) is 0. The third-order valence-corrected chi connectivity index (χ3v) is 3.73. The SMILES string of the molecule is CCCN(CC(=O)OC)C(=O)CCN1CCSC1=O. The lowest BCUT2D eigenvalue weighted by Gasteiger charge is -2.22. The monoisotopic (exact) mass is 288 g/mol. The molecule has 0 spiro atoms. The smallest absolute Gasteiger partial charge is 0.325 e. The van der Waals surface area contributed by atoms with Crippen LogP contribution in [-0.2, 0) is 14.3 Å². The fourth-order valence-corrected chi connectivity index (χ4v) is 2.65. The number of hydrogen-bond donors (Lipinski definition) is 0. The van der Waals surface area contributed by atoms with Crippen molar-refractivity contribution in [3.63, 3.8) is 0 Å². The Bertz CT molecular complexity index is 349. The van der Waals surface area contributed by atoms with Gasteiger partial charge in [-0.1, -0.05) is 18.7 Å². The van der Waals surface area contributed by atoms with Crippen molar-refractivity contribution in [3.05, 3.63) is 0 Å². The number of carbonyl (C=O) groups is 3. The van der Waals surface area contributed by atoms with Crippen molar-refractivity contribution in [3.8, 4) is 0 Å². The molecule has 0 aliphatic carbocycles. The Labute approximate surface area is 117 Å². The molecule has 0 atom stereocenters. The van der Waals surface area contributed by atoms with Gasteiger partial charge in [-0.3, -0.25) is 14.4 Å². The van der Waals surface area contributed by atoms with E-state index in [1.807, 2.05) is 6.92 Å². The number of thioether (sulfide) groups is 1. The van der Waals surface area contributed by atoms with Gasteiger partial charge in [-0.05, 0) is 6.42 Å². The molecule has 7 heteroatoms. The molecule has 1 aliphatic heterocycles. The second kappa shape index (κ2) is 8.04. The molecule has 0 aromatic rings. The fraction of sp³-hybridized carbons (Fsp3) is 0.750. The van der Waals surface area contributed by atoms with Crippen molar-refractivity contribution in [1.82, 2.24) is 9.80 Å². The molecule has 1 aliphatic rings. The number of ether oxygens (including phenoxy) is 1. The zero-order valence-electron chi connectivity index (χ0n) is 11.4. The first kappa shape index (κ1) is 15.8. The van der Waals surface area contributed by atoms with Crippen molar-refractivity contribution < 1.29 is 19.1 Å². The van der Waals surface area contributed by atoms with Gasteiger partial charge in [0.05, 0.1) is 7.11 Å². The number of esters is 1. The fourth-order valence-electron chi connectivity index (χ4n) is 1.80. The summed E-state index contributed by atoms with van der Waals surface area (Å²) in [5.74, 6) is 0.250. The van der Waals surface area contributed by atoms with Gasteiger partial charge in [0.1, 0.15) is 6.54 Å². The third-order valence-electron chi connectivity index (χ3n) is 2.83. The molecule has 6 nitrogen and oxygen atoms in total. The molecule has 0 saturated carbocycles. The largest absolute Gasteiger partial charge is 0.468 e. The first-order chi connectivity index (χ1) is 9.08. The van der Waals surface area contributed by atoms with Gasteiger partial charge in [-0.2, -0.15) is 0 Å². The van der Waals surface area contributed by atoms with Crippen LogP contribution in [0.4, 0.5) is 4.79 Å². The maximum absolute atomic E-state index is 12.0. The standard InChI is InChI=1S/C12H20N2O4S/c1-3-5-14(9-11(16)18-2)10(15)4-6-13-7-8-19-12(13)17/h3-9H2,1-2H3. The van der Waals surface area contributed by atoms with Crippen LogP contribution in [0.25, 0.3) is 0 Å². The Morgan fingerprint density at radius 3 is 2.74 bits per heavy atom. The van der Waals surface area contributed by atoms with Crippen LogP contribution in [0.3, 0.4) is 0 Å². The average Bonchev–Trinajstić information content (AvgIpc) is 2.80. The second-order valence-electron chi connectivity index (χ2n) is 4.24. The molecular formula is C12H20N2O4S. The number of carbonyl (C=O) groups excluding carboxylic acids is 3. The Morgan fingerprint density at radius 1 is 1.47 bits per heavy atom. The summed E-state index contributed by atoms with van der Waals surface area (Å²) >= 11 is 1.28. The highest BCUT2D eigenvalue weighted by molar-refractivity contribution is 8.13. The number of nitrogens with zero attached hydrogens (tertiary/aromatic N) is 2. The van der Waals surface area contributed by atoms with E-state index < -0.39 is 5.97 Å². The molecule has 0 N–H and O–H groups in total. The summed E-state index contributed by atoms with van der Waals surface area (Å²) in [6, 6.07) is 0. The molecule has 1 rings (SSSR count). The predicted molar refractivity (Wildman–Crippen MR) is 72.9 cm³/mol. The lowest BCUT2D eigenvalue weighted by molar-refractivity contribution is -0.147. The summed E-state index contributed by atoms with van der Waals surface area (Å²) in [7, 11) is 1.30. The van der Waals surface area contributed by atoms with E-state index in [0.717, 1.165) is 12.2 Å². The molecule has 0 aromatic heterocycles. The van der Waals surface area contributed by atoms with E-state index in [4.69, 9.17) is 0 Å². The van der Waals surface area contributed by atoms with Crippen LogP contribution < -0.4 is 0 Å². The molecular weight excluding hydrogens is 268 g/mol. The van der Waals surface area contributed by atoms with Gasteiger partial charge < -0.3 is 14.5 Å². The van der Waals surface area contributed by atoms with E-state index >= 15 is 0 Å². The first-order valence-corrected chi connectivity index (χ1v) is 7.33. The summed E-state index contributed by atoms with van der Waals surface area (Å²) in [5, 5.41) is 0.0304. The number of rotatable bonds is 7. The Morgan fingerprint density at radius 2 is 2.21 bits per heavy atom. The maximum Gasteiger partial charge on any atom is 0.325 e. The molecule has 108 valence electrons. The highest BCUT2D eigenvalue weighted by Gasteiger charge is 2.23. The van der Waals surface area contributed by atoms with Crippen LogP contribution in [0, 0.1) is 0 Å². The van der Waals surface area contributed by atoms with Crippen molar-refractivity contribution >= 4 is 28.9 Å². The Hall–Kier alpha value is -1.24. The molecule has 0 unspecified atom stereocenters. The van der Waals surface area contributed by atoms with E-state index in [0.29, 0.717) is 19.6 Å². The topological polar surface area (TPSA) is 66.9 Å². The third kappa shape index (κ3) is 5.10. The Balaban J connectivity index is 2.42. The van der Waals surface area contributed by atoms with E-state index in [9.17, 15) is 14.4 Å². The lowest BCUT2D eigenvalue weighted by atomic mass is 10.3. The first-order valence-electron chi connectivity index (χ1n) is 6.34. The quantitative estimate of drug-likeness (QED) is 0.653. The van der Waals surface area contributed by atoms with Crippen molar-refractivity contribution in [1.29, 1.82) is 0 Å². The van der Waals surface area contributed by atoms with Gasteiger partial charge in [-0.25, -0.2) is 0 Å². The molecule has 2 amide bonds. The Kier molecular flexibility index (Phi) is 6.69. The highest BCUT2D eigenvalue weighted by Crippen LogP contribution is 2.17. The number of amides is 2. The summed E-state index contributed by atoms with van der Waals surface area (Å²) in [6.07, 6.45) is 1.03. The molecule has 19 heavy (non-hydrogen) atoms. The van der Waals surface area contributed by atoms with Gasteiger partial charge in [0.2, 0.25) is 5.91 Å². The normalized spacial score (nSPS) is 14.6. The minimum atomic E-state index is -0.422. The van der Waals surface area contributed by atoms with Crippen molar-refractivity contribution in [2.75, 3.05) is 39.0 Å². The van der Waals surface area contributed by atoms with Crippen molar-refractivity contribution in [2.24, 2.45) is 0 Å². The van der Waals surface area contributed by atoms with Crippen LogP contribution in [0.2, 0.25) is 0 Å². The van der Waals surface area contributed by atoms with Gasteiger partial charge >= 0.3 is 5.97 Å². The second-order valence-corrected chi connectivity index (χ2v) is 5.29. The van der Waals surface area contributed by atoms with Gasteiger partial charge in [-0.15, -0.1) is 0 Å². The predicted octanol–water partition coefficient (Wildman–Crippen LogP) is 0.957. The molecule has 1 heterocycles. The minimum absolute atomic E-state index is 0.0220. The van der Waals surface area contributed by atoms with Crippen LogP contribution in [0.15, 0.2) is 0 Å². The number of methoxy groups -OCH3 is 1. The summed E-state index contributed by atoms with van der Waals surface area (Å²) in [6.45, 7) is 3.56. The van der Waals surface area contributed by atoms with Gasteiger partial charge in [0.25, 0.3) is 5.24 Å². The lowest BCUT2D eigenvalue weighted by Crippen LogP contribution is -2.38. The average molecular weight is 288 g/mol. The summed E-state index contributed by atoms with van der Waals surface area (Å²) < 4.78 is 4.57. The van der Waals surface area contributed by atoms with Crippen LogP contribution in [-0.4, -0.2) is 66.0 Å². The molecule has 1 fully saturated rings. The molecule has 0 aromatic carbocycles. The zero-order valence-corrected chi connectivity index (χ0v) is 12.2. The van der Waals surface area contributed by atoms with E-state index in [-0.39, 0.29) is 24.1 Å². The van der Waals surface area contributed by atoms with Crippen LogP contribution >= 0.6 is 11.8 Å². The minimum Gasteiger partial charge on any atom is -0.468 e. The van der Waals surface area contributed by atoms with Gasteiger partial charge in [0.15, 0.2) is 0 Å². The van der Waals surface area contributed by atoms with Gasteiger partial charge in [0, 0.05) is 31.8 Å².